The van der Waals surface area contributed by atoms with Crippen molar-refractivity contribution in [2.45, 2.75) is 37.5 Å². The monoisotopic (exact) mass is 374 g/mol. The summed E-state index contributed by atoms with van der Waals surface area (Å²) in [6.45, 7) is 0. The topological polar surface area (TPSA) is 26.3 Å². The van der Waals surface area contributed by atoms with E-state index in [1.54, 1.807) is 7.11 Å². The first kappa shape index (κ1) is 16.9. The van der Waals surface area contributed by atoms with Gasteiger partial charge in [0.05, 0.1) is 17.5 Å². The molecule has 0 spiro atoms. The van der Waals surface area contributed by atoms with Crippen molar-refractivity contribution >= 4 is 29.0 Å². The highest BCUT2D eigenvalue weighted by Gasteiger charge is 2.53. The largest absolute Gasteiger partial charge is 0.495 e. The zero-order valence-corrected chi connectivity index (χ0v) is 15.7. The number of ketones is 1. The van der Waals surface area contributed by atoms with Gasteiger partial charge in [-0.2, -0.15) is 0 Å². The van der Waals surface area contributed by atoms with E-state index < -0.39 is 5.41 Å². The Kier molecular flexibility index (Phi) is 4.29. The van der Waals surface area contributed by atoms with E-state index in [0.29, 0.717) is 33.7 Å². The minimum atomic E-state index is -0.528. The van der Waals surface area contributed by atoms with Gasteiger partial charge in [0.25, 0.3) is 0 Å². The van der Waals surface area contributed by atoms with Crippen LogP contribution in [0.15, 0.2) is 36.4 Å². The van der Waals surface area contributed by atoms with Crippen LogP contribution in [0.4, 0.5) is 0 Å². The molecule has 0 N–H and O–H groups in total. The summed E-state index contributed by atoms with van der Waals surface area (Å²) in [5.74, 6) is 0.999. The van der Waals surface area contributed by atoms with Gasteiger partial charge >= 0.3 is 0 Å². The maximum atomic E-state index is 13.7. The number of halogens is 2. The predicted molar refractivity (Wildman–Crippen MR) is 101 cm³/mol. The first-order valence-corrected chi connectivity index (χ1v) is 9.50. The number of hydrogen-bond acceptors (Lipinski definition) is 2. The lowest BCUT2D eigenvalue weighted by Gasteiger charge is -2.34. The number of benzene rings is 2. The van der Waals surface area contributed by atoms with Crippen LogP contribution in [0.2, 0.25) is 10.0 Å². The normalized spacial score (nSPS) is 23.1. The summed E-state index contributed by atoms with van der Waals surface area (Å²) >= 11 is 12.8. The molecule has 0 bridgehead atoms. The average Bonchev–Trinajstić information content (AvgIpc) is 3.26. The lowest BCUT2D eigenvalue weighted by molar-refractivity contribution is 0.0841. The fourth-order valence-electron chi connectivity index (χ4n) is 4.74. The van der Waals surface area contributed by atoms with E-state index in [2.05, 4.69) is 12.1 Å². The van der Waals surface area contributed by atoms with Crippen LogP contribution in [0.5, 0.6) is 5.75 Å². The molecule has 0 heterocycles. The zero-order valence-electron chi connectivity index (χ0n) is 14.1. The molecule has 1 fully saturated rings. The minimum absolute atomic E-state index is 0.121. The Morgan fingerprint density at radius 1 is 1.08 bits per heavy atom. The number of carbonyl (C=O) groups excluding carboxylic acids is 1. The van der Waals surface area contributed by atoms with Crippen molar-refractivity contribution in [1.29, 1.82) is 0 Å². The molecular weight excluding hydrogens is 355 g/mol. The smallest absolute Gasteiger partial charge is 0.175 e. The summed E-state index contributed by atoms with van der Waals surface area (Å²) in [4.78, 5) is 13.7. The molecule has 1 unspecified atom stereocenters. The molecule has 2 aliphatic rings. The second-order valence-corrected chi connectivity index (χ2v) is 7.82. The van der Waals surface area contributed by atoms with E-state index >= 15 is 0 Å². The second kappa shape index (κ2) is 6.34. The van der Waals surface area contributed by atoms with Crippen LogP contribution in [0.3, 0.4) is 0 Å². The molecule has 4 heteroatoms. The molecule has 1 atom stereocenters. The lowest BCUT2D eigenvalue weighted by atomic mass is 9.66. The molecular formula is C21H20Cl2O2. The summed E-state index contributed by atoms with van der Waals surface area (Å²) in [5, 5.41) is 0.656. The number of carbonyl (C=O) groups is 1. The zero-order chi connectivity index (χ0) is 17.6. The number of methoxy groups -OCH3 is 1. The molecule has 130 valence electrons. The van der Waals surface area contributed by atoms with Crippen molar-refractivity contribution in [1.82, 2.24) is 0 Å². The van der Waals surface area contributed by atoms with E-state index in [0.717, 1.165) is 24.0 Å². The maximum Gasteiger partial charge on any atom is 0.175 e. The van der Waals surface area contributed by atoms with Crippen molar-refractivity contribution in [2.24, 2.45) is 5.92 Å². The predicted octanol–water partition coefficient (Wildman–Crippen LogP) is 5.87. The second-order valence-electron chi connectivity index (χ2n) is 7.07. The Morgan fingerprint density at radius 2 is 1.76 bits per heavy atom. The highest BCUT2D eigenvalue weighted by molar-refractivity contribution is 6.45. The highest BCUT2D eigenvalue weighted by atomic mass is 35.5. The number of rotatable bonds is 3. The van der Waals surface area contributed by atoms with Crippen molar-refractivity contribution in [3.05, 3.63) is 63.1 Å². The van der Waals surface area contributed by atoms with E-state index in [4.69, 9.17) is 27.9 Å². The third-order valence-electron chi connectivity index (χ3n) is 5.92. The molecule has 4 rings (SSSR count). The first-order chi connectivity index (χ1) is 12.1. The van der Waals surface area contributed by atoms with Crippen molar-refractivity contribution in [2.75, 3.05) is 7.11 Å². The first-order valence-electron chi connectivity index (χ1n) is 8.74. The molecule has 2 nitrogen and oxygen atoms in total. The fourth-order valence-corrected chi connectivity index (χ4v) is 5.27. The molecule has 1 saturated carbocycles. The maximum absolute atomic E-state index is 13.7. The molecule has 2 aromatic carbocycles. The summed E-state index contributed by atoms with van der Waals surface area (Å²) in [7, 11) is 1.57. The van der Waals surface area contributed by atoms with Gasteiger partial charge in [-0.15, -0.1) is 0 Å². The molecule has 0 amide bonds. The Hall–Kier alpha value is -1.51. The Morgan fingerprint density at radius 3 is 2.40 bits per heavy atom. The Bertz CT molecular complexity index is 826. The van der Waals surface area contributed by atoms with Gasteiger partial charge < -0.3 is 4.74 Å². The van der Waals surface area contributed by atoms with Crippen molar-refractivity contribution in [3.8, 4) is 5.75 Å². The van der Waals surface area contributed by atoms with E-state index in [1.807, 2.05) is 24.3 Å². The number of Topliss-reactive ketones (excluding diaryl/α,β-unsaturated/α-hetero) is 1. The van der Waals surface area contributed by atoms with Crippen LogP contribution in [0.1, 0.15) is 47.2 Å². The van der Waals surface area contributed by atoms with Crippen LogP contribution in [0.25, 0.3) is 0 Å². The molecule has 0 aromatic heterocycles. The lowest BCUT2D eigenvalue weighted by Crippen LogP contribution is -2.40. The average molecular weight is 375 g/mol. The summed E-state index contributed by atoms with van der Waals surface area (Å²) in [6.07, 6.45) is 5.19. The number of ether oxygens (including phenoxy) is 1. The van der Waals surface area contributed by atoms with Gasteiger partial charge in [-0.05, 0) is 42.4 Å². The minimum Gasteiger partial charge on any atom is -0.495 e. The SMILES string of the molecule is COc1cc2c(c(Cl)c1Cl)C(=O)C(c1ccccc1)(C1CCCC1)C2. The van der Waals surface area contributed by atoms with Crippen LogP contribution >= 0.6 is 23.2 Å². The van der Waals surface area contributed by atoms with Gasteiger partial charge in [-0.25, -0.2) is 0 Å². The molecule has 2 aliphatic carbocycles. The van der Waals surface area contributed by atoms with Crippen LogP contribution in [-0.2, 0) is 11.8 Å². The van der Waals surface area contributed by atoms with Gasteiger partial charge in [0, 0.05) is 5.56 Å². The number of fused-ring (bicyclic) bond motifs is 1. The highest BCUT2D eigenvalue weighted by Crippen LogP contribution is 2.53. The third kappa shape index (κ3) is 2.42. The Balaban J connectivity index is 1.92. The van der Waals surface area contributed by atoms with Crippen LogP contribution < -0.4 is 4.74 Å². The van der Waals surface area contributed by atoms with Crippen LogP contribution in [-0.4, -0.2) is 12.9 Å². The molecule has 25 heavy (non-hydrogen) atoms. The van der Waals surface area contributed by atoms with E-state index in [-0.39, 0.29) is 5.78 Å². The summed E-state index contributed by atoms with van der Waals surface area (Å²) < 4.78 is 5.36. The molecule has 0 aliphatic heterocycles. The van der Waals surface area contributed by atoms with Gasteiger partial charge in [0.15, 0.2) is 5.78 Å². The Labute approximate surface area is 158 Å². The molecule has 0 saturated heterocycles. The molecule has 2 aromatic rings. The van der Waals surface area contributed by atoms with Gasteiger partial charge in [0.1, 0.15) is 10.8 Å². The van der Waals surface area contributed by atoms with Crippen molar-refractivity contribution in [3.63, 3.8) is 0 Å². The van der Waals surface area contributed by atoms with Gasteiger partial charge in [-0.1, -0.05) is 66.4 Å². The fraction of sp³-hybridized carbons (Fsp3) is 0.381. The molecule has 0 radical (unpaired) electrons. The van der Waals surface area contributed by atoms with Crippen molar-refractivity contribution < 1.29 is 9.53 Å². The number of hydrogen-bond donors (Lipinski definition) is 0. The quantitative estimate of drug-likeness (QED) is 0.671. The van der Waals surface area contributed by atoms with E-state index in [9.17, 15) is 4.79 Å². The summed E-state index contributed by atoms with van der Waals surface area (Å²) in [5.41, 5.74) is 2.10. The van der Waals surface area contributed by atoms with Gasteiger partial charge in [-0.3, -0.25) is 4.79 Å². The standard InChI is InChI=1S/C21H20Cl2O2/c1-25-16-11-13-12-21(15-9-5-6-10-15,14-7-3-2-4-8-14)20(24)17(13)19(23)18(16)22/h2-4,7-8,11,15H,5-6,9-10,12H2,1H3. The van der Waals surface area contributed by atoms with Gasteiger partial charge in [0.2, 0.25) is 0 Å². The van der Waals surface area contributed by atoms with E-state index in [1.165, 1.54) is 12.8 Å². The third-order valence-corrected chi connectivity index (χ3v) is 6.77. The summed E-state index contributed by atoms with van der Waals surface area (Å²) in [6, 6.07) is 12.1. The van der Waals surface area contributed by atoms with Crippen LogP contribution in [0, 0.1) is 5.92 Å².